The zero-order valence-electron chi connectivity index (χ0n) is 9.62. The van der Waals surface area contributed by atoms with Crippen molar-refractivity contribution in [1.29, 1.82) is 0 Å². The Morgan fingerprint density at radius 3 is 1.86 bits per heavy atom. The van der Waals surface area contributed by atoms with E-state index < -0.39 is 0 Å². The molecule has 0 N–H and O–H groups in total. The second-order valence-corrected chi connectivity index (χ2v) is 4.46. The van der Waals surface area contributed by atoms with Gasteiger partial charge in [0.05, 0.1) is 6.42 Å². The molecule has 0 aromatic heterocycles. The third-order valence-corrected chi connectivity index (χ3v) is 1.78. The fourth-order valence-electron chi connectivity index (χ4n) is 1.36. The summed E-state index contributed by atoms with van der Waals surface area (Å²) < 4.78 is 0. The van der Waals surface area contributed by atoms with Crippen LogP contribution in [0.4, 0.5) is 0 Å². The van der Waals surface area contributed by atoms with Crippen molar-refractivity contribution >= 4 is 12.2 Å². The maximum Gasteiger partial charge on any atom is 0.229 e. The Morgan fingerprint density at radius 2 is 1.57 bits per heavy atom. The summed E-state index contributed by atoms with van der Waals surface area (Å²) in [6.07, 6.45) is 0.690. The summed E-state index contributed by atoms with van der Waals surface area (Å²) in [7, 11) is 0. The average molecular weight is 199 g/mol. The standard InChI is InChI=1S/C11H21NO2/c1-9(2)7-12(8-10(3)4)11(14)5-6-13/h6,9-10H,5,7-8H2,1-4H3. The SMILES string of the molecule is CC(C)CN(CC(C)C)C(=O)CC=O. The second kappa shape index (κ2) is 6.57. The molecule has 82 valence electrons. The minimum Gasteiger partial charge on any atom is -0.342 e. The van der Waals surface area contributed by atoms with E-state index in [0.29, 0.717) is 18.1 Å². The molecule has 0 aliphatic heterocycles. The molecule has 0 saturated heterocycles. The maximum absolute atomic E-state index is 11.5. The molecule has 0 bridgehead atoms. The van der Waals surface area contributed by atoms with E-state index in [-0.39, 0.29) is 12.3 Å². The van der Waals surface area contributed by atoms with Crippen LogP contribution in [0.2, 0.25) is 0 Å². The lowest BCUT2D eigenvalue weighted by Crippen LogP contribution is -2.37. The Morgan fingerprint density at radius 1 is 1.14 bits per heavy atom. The third-order valence-electron chi connectivity index (χ3n) is 1.78. The number of amides is 1. The van der Waals surface area contributed by atoms with E-state index in [9.17, 15) is 9.59 Å². The van der Waals surface area contributed by atoms with Crippen molar-refractivity contribution in [2.45, 2.75) is 34.1 Å². The van der Waals surface area contributed by atoms with Crippen LogP contribution in [0.1, 0.15) is 34.1 Å². The average Bonchev–Trinajstić information content (AvgIpc) is 2.01. The van der Waals surface area contributed by atoms with E-state index in [0.717, 1.165) is 13.1 Å². The van der Waals surface area contributed by atoms with Crippen LogP contribution in [0.3, 0.4) is 0 Å². The summed E-state index contributed by atoms with van der Waals surface area (Å²) in [5, 5.41) is 0. The lowest BCUT2D eigenvalue weighted by Gasteiger charge is -2.25. The summed E-state index contributed by atoms with van der Waals surface area (Å²) in [5.74, 6) is 0.844. The van der Waals surface area contributed by atoms with Crippen molar-refractivity contribution in [3.8, 4) is 0 Å². The first-order valence-corrected chi connectivity index (χ1v) is 5.18. The highest BCUT2D eigenvalue weighted by Crippen LogP contribution is 2.05. The highest BCUT2D eigenvalue weighted by Gasteiger charge is 2.15. The van der Waals surface area contributed by atoms with E-state index >= 15 is 0 Å². The number of hydrogen-bond acceptors (Lipinski definition) is 2. The zero-order valence-corrected chi connectivity index (χ0v) is 9.62. The summed E-state index contributed by atoms with van der Waals surface area (Å²) in [6, 6.07) is 0. The van der Waals surface area contributed by atoms with Crippen LogP contribution >= 0.6 is 0 Å². The lowest BCUT2D eigenvalue weighted by molar-refractivity contribution is -0.133. The van der Waals surface area contributed by atoms with Gasteiger partial charge in [0, 0.05) is 13.1 Å². The van der Waals surface area contributed by atoms with Crippen LogP contribution < -0.4 is 0 Å². The van der Waals surface area contributed by atoms with Gasteiger partial charge in [-0.1, -0.05) is 27.7 Å². The van der Waals surface area contributed by atoms with Crippen LogP contribution in [-0.2, 0) is 9.59 Å². The van der Waals surface area contributed by atoms with Gasteiger partial charge in [-0.25, -0.2) is 0 Å². The monoisotopic (exact) mass is 199 g/mol. The van der Waals surface area contributed by atoms with Crippen molar-refractivity contribution in [3.63, 3.8) is 0 Å². The predicted octanol–water partition coefficient (Wildman–Crippen LogP) is 1.72. The largest absolute Gasteiger partial charge is 0.342 e. The second-order valence-electron chi connectivity index (χ2n) is 4.46. The van der Waals surface area contributed by atoms with Crippen LogP contribution in [0.5, 0.6) is 0 Å². The number of carbonyl (C=O) groups is 2. The topological polar surface area (TPSA) is 37.4 Å². The quantitative estimate of drug-likeness (QED) is 0.482. The van der Waals surface area contributed by atoms with Gasteiger partial charge in [0.25, 0.3) is 0 Å². The van der Waals surface area contributed by atoms with Gasteiger partial charge in [-0.15, -0.1) is 0 Å². The van der Waals surface area contributed by atoms with Gasteiger partial charge in [-0.05, 0) is 11.8 Å². The molecule has 0 aromatic carbocycles. The first-order valence-electron chi connectivity index (χ1n) is 5.18. The van der Waals surface area contributed by atoms with Crippen LogP contribution in [0, 0.1) is 11.8 Å². The van der Waals surface area contributed by atoms with Crippen LogP contribution in [-0.4, -0.2) is 30.2 Å². The highest BCUT2D eigenvalue weighted by atomic mass is 16.2. The Balaban J connectivity index is 4.22. The molecule has 0 spiro atoms. The lowest BCUT2D eigenvalue weighted by atomic mass is 10.1. The van der Waals surface area contributed by atoms with Gasteiger partial charge in [-0.3, -0.25) is 4.79 Å². The van der Waals surface area contributed by atoms with Crippen molar-refractivity contribution < 1.29 is 9.59 Å². The molecule has 0 unspecified atom stereocenters. The molecule has 0 aliphatic carbocycles. The summed E-state index contributed by atoms with van der Waals surface area (Å²) in [5.41, 5.74) is 0. The summed E-state index contributed by atoms with van der Waals surface area (Å²) in [4.78, 5) is 23.5. The minimum atomic E-state index is -0.0533. The van der Waals surface area contributed by atoms with Crippen molar-refractivity contribution in [2.24, 2.45) is 11.8 Å². The number of hydrogen-bond donors (Lipinski definition) is 0. The number of aldehydes is 1. The molecule has 3 heteroatoms. The van der Waals surface area contributed by atoms with Gasteiger partial charge in [0.1, 0.15) is 6.29 Å². The molecule has 0 saturated carbocycles. The van der Waals surface area contributed by atoms with Gasteiger partial charge >= 0.3 is 0 Å². The van der Waals surface area contributed by atoms with E-state index in [2.05, 4.69) is 27.7 Å². The molecule has 0 fully saturated rings. The number of carbonyl (C=O) groups excluding carboxylic acids is 2. The van der Waals surface area contributed by atoms with E-state index in [4.69, 9.17) is 0 Å². The molecule has 0 heterocycles. The molecule has 0 rings (SSSR count). The molecular weight excluding hydrogens is 178 g/mol. The van der Waals surface area contributed by atoms with E-state index in [1.54, 1.807) is 4.90 Å². The highest BCUT2D eigenvalue weighted by molar-refractivity contribution is 5.88. The first kappa shape index (κ1) is 13.1. The van der Waals surface area contributed by atoms with Crippen LogP contribution in [0.15, 0.2) is 0 Å². The fraction of sp³-hybridized carbons (Fsp3) is 0.818. The first-order chi connectivity index (χ1) is 6.47. The van der Waals surface area contributed by atoms with Gasteiger partial charge in [0.15, 0.2) is 0 Å². The summed E-state index contributed by atoms with van der Waals surface area (Å²) >= 11 is 0. The Bertz CT molecular complexity index is 178. The Hall–Kier alpha value is -0.860. The van der Waals surface area contributed by atoms with E-state index in [1.165, 1.54) is 0 Å². The molecule has 0 aliphatic rings. The van der Waals surface area contributed by atoms with E-state index in [1.807, 2.05) is 0 Å². The maximum atomic E-state index is 11.5. The molecule has 0 aromatic rings. The van der Waals surface area contributed by atoms with Crippen molar-refractivity contribution in [1.82, 2.24) is 4.90 Å². The minimum absolute atomic E-state index is 0.0133. The zero-order chi connectivity index (χ0) is 11.1. The van der Waals surface area contributed by atoms with Gasteiger partial charge in [-0.2, -0.15) is 0 Å². The number of rotatable bonds is 6. The normalized spacial score (nSPS) is 10.7. The predicted molar refractivity (Wildman–Crippen MR) is 56.9 cm³/mol. The smallest absolute Gasteiger partial charge is 0.229 e. The van der Waals surface area contributed by atoms with Crippen molar-refractivity contribution in [3.05, 3.63) is 0 Å². The third kappa shape index (κ3) is 5.73. The van der Waals surface area contributed by atoms with Gasteiger partial charge < -0.3 is 9.69 Å². The molecular formula is C11H21NO2. The molecule has 1 amide bonds. The Kier molecular flexibility index (Phi) is 6.17. The van der Waals surface area contributed by atoms with Crippen molar-refractivity contribution in [2.75, 3.05) is 13.1 Å². The number of nitrogens with zero attached hydrogens (tertiary/aromatic N) is 1. The van der Waals surface area contributed by atoms with Gasteiger partial charge in [0.2, 0.25) is 5.91 Å². The van der Waals surface area contributed by atoms with Crippen LogP contribution in [0.25, 0.3) is 0 Å². The molecule has 14 heavy (non-hydrogen) atoms. The fourth-order valence-corrected chi connectivity index (χ4v) is 1.36. The molecule has 3 nitrogen and oxygen atoms in total. The molecule has 0 atom stereocenters. The Labute approximate surface area is 86.5 Å². The summed E-state index contributed by atoms with van der Waals surface area (Å²) in [6.45, 7) is 9.77. The molecule has 0 radical (unpaired) electrons.